The van der Waals surface area contributed by atoms with Crippen LogP contribution >= 0.6 is 0 Å². The Morgan fingerprint density at radius 3 is 2.65 bits per heavy atom. The molecule has 3 rings (SSSR count). The van der Waals surface area contributed by atoms with Gasteiger partial charge in [-0.25, -0.2) is 9.98 Å². The van der Waals surface area contributed by atoms with Gasteiger partial charge in [0, 0.05) is 51.4 Å². The number of morpholine rings is 1. The summed E-state index contributed by atoms with van der Waals surface area (Å²) in [6, 6.07) is 7.79. The molecule has 0 radical (unpaired) electrons. The van der Waals surface area contributed by atoms with Crippen LogP contribution < -0.4 is 15.4 Å². The molecule has 2 aromatic rings. The zero-order chi connectivity index (χ0) is 21.9. The Labute approximate surface area is 185 Å². The lowest BCUT2D eigenvalue weighted by atomic mass is 10.2. The molecular formula is C23H35N5O3. The Kier molecular flexibility index (Phi) is 8.73. The van der Waals surface area contributed by atoms with Crippen molar-refractivity contribution in [3.05, 3.63) is 48.0 Å². The van der Waals surface area contributed by atoms with Crippen LogP contribution in [0.4, 0.5) is 0 Å². The molecule has 1 fully saturated rings. The Hall–Kier alpha value is -2.58. The van der Waals surface area contributed by atoms with E-state index < -0.39 is 0 Å². The molecule has 0 saturated carbocycles. The predicted octanol–water partition coefficient (Wildman–Crippen LogP) is 2.46. The van der Waals surface area contributed by atoms with Gasteiger partial charge in [0.25, 0.3) is 0 Å². The summed E-state index contributed by atoms with van der Waals surface area (Å²) in [5.41, 5.74) is 0.767. The van der Waals surface area contributed by atoms with Crippen molar-refractivity contribution >= 4 is 5.96 Å². The lowest BCUT2D eigenvalue weighted by Crippen LogP contribution is -2.44. The minimum absolute atomic E-state index is 0.262. The highest BCUT2D eigenvalue weighted by atomic mass is 16.5. The van der Waals surface area contributed by atoms with Gasteiger partial charge in [0.05, 0.1) is 26.0 Å². The third-order valence-corrected chi connectivity index (χ3v) is 4.70. The van der Waals surface area contributed by atoms with Gasteiger partial charge in [0.1, 0.15) is 11.4 Å². The quantitative estimate of drug-likeness (QED) is 0.468. The predicted molar refractivity (Wildman–Crippen MR) is 121 cm³/mol. The second kappa shape index (κ2) is 11.7. The Morgan fingerprint density at radius 1 is 1.16 bits per heavy atom. The summed E-state index contributed by atoms with van der Waals surface area (Å²) in [6.45, 7) is 12.7. The molecule has 0 bridgehead atoms. The van der Waals surface area contributed by atoms with Crippen molar-refractivity contribution in [3.63, 3.8) is 0 Å². The molecule has 0 atom stereocenters. The molecule has 0 aromatic carbocycles. The molecule has 8 nitrogen and oxygen atoms in total. The molecule has 31 heavy (non-hydrogen) atoms. The molecule has 0 amide bonds. The summed E-state index contributed by atoms with van der Waals surface area (Å²) in [7, 11) is 0. The number of aromatic nitrogens is 1. The number of aliphatic imine (C=N–C) groups is 1. The van der Waals surface area contributed by atoms with Crippen LogP contribution in [0.25, 0.3) is 0 Å². The molecule has 2 N–H and O–H groups in total. The van der Waals surface area contributed by atoms with Crippen molar-refractivity contribution < 1.29 is 13.9 Å². The van der Waals surface area contributed by atoms with Crippen LogP contribution in [0.3, 0.4) is 0 Å². The number of hydrogen-bond acceptors (Lipinski definition) is 6. The highest BCUT2D eigenvalue weighted by Gasteiger charge is 2.12. The average Bonchev–Trinajstić information content (AvgIpc) is 3.26. The monoisotopic (exact) mass is 429 g/mol. The van der Waals surface area contributed by atoms with E-state index >= 15 is 0 Å². The van der Waals surface area contributed by atoms with E-state index in [0.29, 0.717) is 12.4 Å². The summed E-state index contributed by atoms with van der Waals surface area (Å²) in [5.74, 6) is 2.37. The largest absolute Gasteiger partial charge is 0.472 e. The maximum Gasteiger partial charge on any atom is 0.213 e. The van der Waals surface area contributed by atoms with Crippen LogP contribution in [0.2, 0.25) is 0 Å². The number of guanidine groups is 1. The SMILES string of the molecule is CC(C)(C)Oc1ccc(CN=C(NCCc2ccco2)NCCN2CCOCC2)cn1. The fourth-order valence-corrected chi connectivity index (χ4v) is 3.14. The Balaban J connectivity index is 1.52. The number of rotatable bonds is 9. The first-order valence-electron chi connectivity index (χ1n) is 11.0. The number of furan rings is 1. The molecule has 1 saturated heterocycles. The number of pyridine rings is 1. The Morgan fingerprint density at radius 2 is 1.97 bits per heavy atom. The van der Waals surface area contributed by atoms with E-state index in [1.807, 2.05) is 51.2 Å². The first kappa shape index (κ1) is 23.1. The van der Waals surface area contributed by atoms with Crippen molar-refractivity contribution in [1.29, 1.82) is 0 Å². The van der Waals surface area contributed by atoms with Crippen molar-refractivity contribution in [1.82, 2.24) is 20.5 Å². The van der Waals surface area contributed by atoms with E-state index in [0.717, 1.165) is 69.6 Å². The standard InChI is InChI=1S/C23H35N5O3/c1-23(2,3)31-21-7-6-19(17-26-21)18-27-22(24-9-8-20-5-4-14-30-20)25-10-11-28-12-15-29-16-13-28/h4-7,14,17H,8-13,15-16,18H2,1-3H3,(H2,24,25,27). The molecule has 0 aliphatic carbocycles. The topological polar surface area (TPSA) is 84.2 Å². The second-order valence-corrected chi connectivity index (χ2v) is 8.52. The minimum atomic E-state index is -0.262. The van der Waals surface area contributed by atoms with Gasteiger partial charge in [-0.15, -0.1) is 0 Å². The van der Waals surface area contributed by atoms with Crippen LogP contribution in [-0.4, -0.2) is 67.4 Å². The minimum Gasteiger partial charge on any atom is -0.472 e. The van der Waals surface area contributed by atoms with E-state index in [1.54, 1.807) is 6.26 Å². The molecule has 1 aliphatic heterocycles. The van der Waals surface area contributed by atoms with Crippen LogP contribution in [-0.2, 0) is 17.7 Å². The normalized spacial score (nSPS) is 15.6. The third-order valence-electron chi connectivity index (χ3n) is 4.70. The van der Waals surface area contributed by atoms with Gasteiger partial charge in [0.2, 0.25) is 5.88 Å². The summed E-state index contributed by atoms with van der Waals surface area (Å²) in [4.78, 5) is 11.5. The molecule has 0 spiro atoms. The summed E-state index contributed by atoms with van der Waals surface area (Å²) >= 11 is 0. The van der Waals surface area contributed by atoms with Crippen LogP contribution in [0.1, 0.15) is 32.1 Å². The van der Waals surface area contributed by atoms with Crippen molar-refractivity contribution in [2.24, 2.45) is 4.99 Å². The van der Waals surface area contributed by atoms with E-state index in [2.05, 4.69) is 20.5 Å². The second-order valence-electron chi connectivity index (χ2n) is 8.52. The number of nitrogens with zero attached hydrogens (tertiary/aromatic N) is 3. The lowest BCUT2D eigenvalue weighted by Gasteiger charge is -2.26. The summed E-state index contributed by atoms with van der Waals surface area (Å²) in [5, 5.41) is 6.84. The molecule has 1 aliphatic rings. The van der Waals surface area contributed by atoms with Gasteiger partial charge in [-0.1, -0.05) is 6.07 Å². The van der Waals surface area contributed by atoms with Gasteiger partial charge in [-0.05, 0) is 38.5 Å². The summed E-state index contributed by atoms with van der Waals surface area (Å²) < 4.78 is 16.6. The maximum atomic E-state index is 5.79. The van der Waals surface area contributed by atoms with Crippen molar-refractivity contribution in [3.8, 4) is 5.88 Å². The zero-order valence-corrected chi connectivity index (χ0v) is 18.9. The van der Waals surface area contributed by atoms with E-state index in [4.69, 9.17) is 18.9 Å². The molecule has 0 unspecified atom stereocenters. The van der Waals surface area contributed by atoms with E-state index in [9.17, 15) is 0 Å². The number of hydrogen-bond donors (Lipinski definition) is 2. The Bertz CT molecular complexity index is 779. The lowest BCUT2D eigenvalue weighted by molar-refractivity contribution is 0.0389. The van der Waals surface area contributed by atoms with Crippen molar-refractivity contribution in [2.45, 2.75) is 39.3 Å². The first-order chi connectivity index (χ1) is 15.0. The van der Waals surface area contributed by atoms with Crippen molar-refractivity contribution in [2.75, 3.05) is 45.9 Å². The molecule has 2 aromatic heterocycles. The van der Waals surface area contributed by atoms with Crippen LogP contribution in [0, 0.1) is 0 Å². The maximum absolute atomic E-state index is 5.79. The first-order valence-corrected chi connectivity index (χ1v) is 11.0. The fraction of sp³-hybridized carbons (Fsp3) is 0.565. The van der Waals surface area contributed by atoms with Gasteiger partial charge >= 0.3 is 0 Å². The highest BCUT2D eigenvalue weighted by molar-refractivity contribution is 5.79. The van der Waals surface area contributed by atoms with Crippen LogP contribution in [0.5, 0.6) is 5.88 Å². The highest BCUT2D eigenvalue weighted by Crippen LogP contribution is 2.15. The smallest absolute Gasteiger partial charge is 0.213 e. The molecule has 8 heteroatoms. The fourth-order valence-electron chi connectivity index (χ4n) is 3.14. The number of ether oxygens (including phenoxy) is 2. The van der Waals surface area contributed by atoms with Gasteiger partial charge in [0.15, 0.2) is 5.96 Å². The van der Waals surface area contributed by atoms with Gasteiger partial charge < -0.3 is 24.5 Å². The average molecular weight is 430 g/mol. The zero-order valence-electron chi connectivity index (χ0n) is 18.9. The molecule has 170 valence electrons. The molecule has 3 heterocycles. The van der Waals surface area contributed by atoms with E-state index in [1.165, 1.54) is 0 Å². The van der Waals surface area contributed by atoms with Gasteiger partial charge in [-0.2, -0.15) is 0 Å². The van der Waals surface area contributed by atoms with E-state index in [-0.39, 0.29) is 5.60 Å². The van der Waals surface area contributed by atoms with Crippen LogP contribution in [0.15, 0.2) is 46.1 Å². The third kappa shape index (κ3) is 8.98. The number of nitrogens with one attached hydrogen (secondary N) is 2. The summed E-state index contributed by atoms with van der Waals surface area (Å²) in [6.07, 6.45) is 4.32. The molecular weight excluding hydrogens is 394 g/mol. The van der Waals surface area contributed by atoms with Gasteiger partial charge in [-0.3, -0.25) is 4.90 Å².